The fourth-order valence-corrected chi connectivity index (χ4v) is 4.25. The molecule has 0 bridgehead atoms. The maximum Gasteiger partial charge on any atom is 0.191 e. The standard InChI is InChI=1S/C23H28BrN3OS/c1-6-27-21(16(2)28-20-13-9-18(10-14-20)23(3,4)5)25-26-22(27)29-15-17-7-11-19(24)12-8-17/h7-14,16H,6,15H2,1-5H3. The zero-order chi connectivity index (χ0) is 21.0. The van der Waals surface area contributed by atoms with Crippen LogP contribution in [0.15, 0.2) is 58.2 Å². The van der Waals surface area contributed by atoms with E-state index in [1.807, 2.05) is 19.1 Å². The minimum Gasteiger partial charge on any atom is -0.483 e. The number of hydrogen-bond acceptors (Lipinski definition) is 4. The lowest BCUT2D eigenvalue weighted by Gasteiger charge is -2.20. The summed E-state index contributed by atoms with van der Waals surface area (Å²) in [5, 5.41) is 9.76. The summed E-state index contributed by atoms with van der Waals surface area (Å²) < 4.78 is 9.39. The Balaban J connectivity index is 1.69. The number of rotatable bonds is 7. The first kappa shape index (κ1) is 21.9. The van der Waals surface area contributed by atoms with Gasteiger partial charge in [0, 0.05) is 16.8 Å². The number of aromatic nitrogens is 3. The third kappa shape index (κ3) is 5.64. The molecule has 0 aliphatic carbocycles. The second kappa shape index (κ2) is 9.35. The Morgan fingerprint density at radius 2 is 1.69 bits per heavy atom. The van der Waals surface area contributed by atoms with Crippen molar-refractivity contribution in [1.82, 2.24) is 14.8 Å². The summed E-state index contributed by atoms with van der Waals surface area (Å²) >= 11 is 5.18. The van der Waals surface area contributed by atoms with Crippen LogP contribution in [0.1, 0.15) is 57.7 Å². The van der Waals surface area contributed by atoms with Gasteiger partial charge >= 0.3 is 0 Å². The molecule has 3 aromatic rings. The third-order valence-corrected chi connectivity index (χ3v) is 6.31. The van der Waals surface area contributed by atoms with Crippen molar-refractivity contribution in [1.29, 1.82) is 0 Å². The SMILES string of the molecule is CCn1c(SCc2ccc(Br)cc2)nnc1C(C)Oc1ccc(C(C)(C)C)cc1. The van der Waals surface area contributed by atoms with Gasteiger partial charge in [0.1, 0.15) is 5.75 Å². The van der Waals surface area contributed by atoms with Gasteiger partial charge in [-0.1, -0.05) is 72.7 Å². The Hall–Kier alpha value is -1.79. The predicted octanol–water partition coefficient (Wildman–Crippen LogP) is 6.79. The Bertz CT molecular complexity index is 930. The van der Waals surface area contributed by atoms with E-state index in [4.69, 9.17) is 4.74 Å². The first-order chi connectivity index (χ1) is 13.8. The van der Waals surface area contributed by atoms with Crippen LogP contribution in [0.4, 0.5) is 0 Å². The van der Waals surface area contributed by atoms with Crippen molar-refractivity contribution in [3.63, 3.8) is 0 Å². The third-order valence-electron chi connectivity index (χ3n) is 4.74. The topological polar surface area (TPSA) is 39.9 Å². The Kier molecular flexibility index (Phi) is 7.06. The molecule has 29 heavy (non-hydrogen) atoms. The van der Waals surface area contributed by atoms with Crippen LogP contribution in [0.5, 0.6) is 5.75 Å². The first-order valence-corrected chi connectivity index (χ1v) is 11.6. The summed E-state index contributed by atoms with van der Waals surface area (Å²) in [7, 11) is 0. The average molecular weight is 474 g/mol. The molecule has 0 radical (unpaired) electrons. The summed E-state index contributed by atoms with van der Waals surface area (Å²) in [5.41, 5.74) is 2.68. The molecule has 0 saturated carbocycles. The van der Waals surface area contributed by atoms with Crippen LogP contribution >= 0.6 is 27.7 Å². The number of halogens is 1. The molecule has 0 spiro atoms. The summed E-state index contributed by atoms with van der Waals surface area (Å²) in [5.74, 6) is 2.56. The van der Waals surface area contributed by atoms with Gasteiger partial charge in [-0.3, -0.25) is 0 Å². The van der Waals surface area contributed by atoms with E-state index in [1.165, 1.54) is 11.1 Å². The van der Waals surface area contributed by atoms with Crippen LogP contribution in [-0.2, 0) is 17.7 Å². The highest BCUT2D eigenvalue weighted by Crippen LogP contribution is 2.29. The van der Waals surface area contributed by atoms with Gasteiger partial charge in [-0.25, -0.2) is 0 Å². The van der Waals surface area contributed by atoms with Crippen molar-refractivity contribution in [2.45, 2.75) is 63.6 Å². The zero-order valence-electron chi connectivity index (χ0n) is 17.6. The van der Waals surface area contributed by atoms with E-state index in [2.05, 4.69) is 94.8 Å². The largest absolute Gasteiger partial charge is 0.483 e. The van der Waals surface area contributed by atoms with Gasteiger partial charge in [0.05, 0.1) is 0 Å². The molecule has 2 aromatic carbocycles. The molecule has 0 saturated heterocycles. The van der Waals surface area contributed by atoms with Gasteiger partial charge in [0.2, 0.25) is 0 Å². The molecule has 0 aliphatic heterocycles. The van der Waals surface area contributed by atoms with E-state index in [-0.39, 0.29) is 11.5 Å². The van der Waals surface area contributed by atoms with Crippen molar-refractivity contribution in [3.8, 4) is 5.75 Å². The lowest BCUT2D eigenvalue weighted by atomic mass is 9.87. The van der Waals surface area contributed by atoms with E-state index >= 15 is 0 Å². The number of ether oxygens (including phenoxy) is 1. The van der Waals surface area contributed by atoms with Crippen LogP contribution < -0.4 is 4.74 Å². The number of thioether (sulfide) groups is 1. The van der Waals surface area contributed by atoms with E-state index in [1.54, 1.807) is 11.8 Å². The fraction of sp³-hybridized carbons (Fsp3) is 0.391. The molecule has 1 aromatic heterocycles. The van der Waals surface area contributed by atoms with Gasteiger partial charge in [0.25, 0.3) is 0 Å². The normalized spacial score (nSPS) is 12.8. The van der Waals surface area contributed by atoms with E-state index < -0.39 is 0 Å². The molecule has 0 N–H and O–H groups in total. The lowest BCUT2D eigenvalue weighted by molar-refractivity contribution is 0.210. The molecule has 0 aliphatic rings. The molecule has 154 valence electrons. The van der Waals surface area contributed by atoms with Gasteiger partial charge in [-0.05, 0) is 54.7 Å². The van der Waals surface area contributed by atoms with Crippen molar-refractivity contribution < 1.29 is 4.74 Å². The summed E-state index contributed by atoms with van der Waals surface area (Å²) in [6.45, 7) is 11.6. The molecule has 0 amide bonds. The zero-order valence-corrected chi connectivity index (χ0v) is 20.0. The van der Waals surface area contributed by atoms with Gasteiger partial charge in [0.15, 0.2) is 17.1 Å². The van der Waals surface area contributed by atoms with Gasteiger partial charge in [-0.2, -0.15) is 0 Å². The molecule has 4 nitrogen and oxygen atoms in total. The second-order valence-electron chi connectivity index (χ2n) is 8.03. The average Bonchev–Trinajstić information content (AvgIpc) is 3.10. The maximum atomic E-state index is 6.16. The quantitative estimate of drug-likeness (QED) is 0.354. The summed E-state index contributed by atoms with van der Waals surface area (Å²) in [6, 6.07) is 16.7. The van der Waals surface area contributed by atoms with Crippen molar-refractivity contribution >= 4 is 27.7 Å². The first-order valence-electron chi connectivity index (χ1n) is 9.85. The summed E-state index contributed by atoms with van der Waals surface area (Å²) in [4.78, 5) is 0. The molecule has 0 fully saturated rings. The Morgan fingerprint density at radius 1 is 1.03 bits per heavy atom. The highest BCUT2D eigenvalue weighted by atomic mass is 79.9. The van der Waals surface area contributed by atoms with Gasteiger partial charge < -0.3 is 9.30 Å². The second-order valence-corrected chi connectivity index (χ2v) is 9.89. The summed E-state index contributed by atoms with van der Waals surface area (Å²) in [6.07, 6.45) is -0.176. The molecule has 1 atom stereocenters. The molecule has 3 rings (SSSR count). The van der Waals surface area contributed by atoms with Crippen LogP contribution in [0.2, 0.25) is 0 Å². The van der Waals surface area contributed by atoms with Crippen LogP contribution in [-0.4, -0.2) is 14.8 Å². The van der Waals surface area contributed by atoms with Crippen molar-refractivity contribution in [2.24, 2.45) is 0 Å². The minimum atomic E-state index is -0.176. The lowest BCUT2D eigenvalue weighted by Crippen LogP contribution is -2.13. The van der Waals surface area contributed by atoms with Crippen molar-refractivity contribution in [3.05, 3.63) is 70.0 Å². The van der Waals surface area contributed by atoms with E-state index in [9.17, 15) is 0 Å². The highest BCUT2D eigenvalue weighted by Gasteiger charge is 2.19. The monoisotopic (exact) mass is 473 g/mol. The van der Waals surface area contributed by atoms with Crippen LogP contribution in [0.25, 0.3) is 0 Å². The highest BCUT2D eigenvalue weighted by molar-refractivity contribution is 9.10. The number of benzene rings is 2. The maximum absolute atomic E-state index is 6.16. The Morgan fingerprint density at radius 3 is 2.28 bits per heavy atom. The van der Waals surface area contributed by atoms with Crippen molar-refractivity contribution in [2.75, 3.05) is 0 Å². The molecule has 1 heterocycles. The minimum absolute atomic E-state index is 0.132. The number of hydrogen-bond donors (Lipinski definition) is 0. The van der Waals surface area contributed by atoms with Crippen LogP contribution in [0, 0.1) is 0 Å². The molecular weight excluding hydrogens is 446 g/mol. The smallest absolute Gasteiger partial charge is 0.191 e. The van der Waals surface area contributed by atoms with E-state index in [0.717, 1.165) is 33.5 Å². The fourth-order valence-electron chi connectivity index (χ4n) is 3.02. The van der Waals surface area contributed by atoms with Crippen LogP contribution in [0.3, 0.4) is 0 Å². The molecular formula is C23H28BrN3OS. The molecule has 1 unspecified atom stereocenters. The Labute approximate surface area is 186 Å². The van der Waals surface area contributed by atoms with E-state index in [0.29, 0.717) is 0 Å². The van der Waals surface area contributed by atoms with Gasteiger partial charge in [-0.15, -0.1) is 10.2 Å². The molecule has 6 heteroatoms. The number of nitrogens with zero attached hydrogens (tertiary/aromatic N) is 3. The predicted molar refractivity (Wildman–Crippen MR) is 124 cm³/mol.